The van der Waals surface area contributed by atoms with Crippen LogP contribution in [0.25, 0.3) is 0 Å². The first-order valence-electron chi connectivity index (χ1n) is 7.52. The van der Waals surface area contributed by atoms with Gasteiger partial charge in [-0.15, -0.1) is 0 Å². The van der Waals surface area contributed by atoms with Gasteiger partial charge in [-0.05, 0) is 25.3 Å². The number of carbonyl (C=O) groups is 1. The third kappa shape index (κ3) is 4.57. The van der Waals surface area contributed by atoms with Crippen LogP contribution >= 0.6 is 0 Å². The lowest BCUT2D eigenvalue weighted by Crippen LogP contribution is -2.46. The molecule has 0 radical (unpaired) electrons. The average Bonchev–Trinajstić information content (AvgIpc) is 2.81. The van der Waals surface area contributed by atoms with Crippen LogP contribution in [0.2, 0.25) is 17.6 Å². The molecule has 1 unspecified atom stereocenters. The van der Waals surface area contributed by atoms with Gasteiger partial charge in [0.25, 0.3) is 5.56 Å². The van der Waals surface area contributed by atoms with Crippen molar-refractivity contribution >= 4 is 14.2 Å². The van der Waals surface area contributed by atoms with Gasteiger partial charge in [-0.1, -0.05) is 33.4 Å². The summed E-state index contributed by atoms with van der Waals surface area (Å²) in [5, 5.41) is 12.2. The number of H-pyrrole nitrogens is 1. The van der Waals surface area contributed by atoms with E-state index in [1.165, 1.54) is 12.3 Å². The molecule has 1 heterocycles. The minimum absolute atomic E-state index is 0.0769. The molecule has 0 aliphatic carbocycles. The van der Waals surface area contributed by atoms with E-state index in [0.717, 1.165) is 10.7 Å². The van der Waals surface area contributed by atoms with E-state index in [0.29, 0.717) is 6.42 Å². The predicted octanol–water partition coefficient (Wildman–Crippen LogP) is 2.74. The van der Waals surface area contributed by atoms with Crippen LogP contribution in [-0.4, -0.2) is 40.9 Å². The van der Waals surface area contributed by atoms with Gasteiger partial charge in [0, 0.05) is 18.5 Å². The maximum absolute atomic E-state index is 12.0. The Balaban J connectivity index is 2.71. The van der Waals surface area contributed by atoms with Crippen LogP contribution in [0.15, 0.2) is 17.1 Å². The van der Waals surface area contributed by atoms with Crippen molar-refractivity contribution in [1.82, 2.24) is 9.78 Å². The topological polar surface area (TPSA) is 84.3 Å². The van der Waals surface area contributed by atoms with Crippen LogP contribution in [0.3, 0.4) is 0 Å². The van der Waals surface area contributed by atoms with E-state index >= 15 is 0 Å². The normalized spacial score (nSPS) is 15.4. The van der Waals surface area contributed by atoms with Crippen LogP contribution < -0.4 is 5.56 Å². The van der Waals surface area contributed by atoms with E-state index in [-0.39, 0.29) is 16.8 Å². The second-order valence-corrected chi connectivity index (χ2v) is 13.2. The maximum Gasteiger partial charge on any atom is 0.433 e. The lowest BCUT2D eigenvalue weighted by molar-refractivity contribution is 0.0346. The highest BCUT2D eigenvalue weighted by molar-refractivity contribution is 6.81. The SMILES string of the molecule is CC(C)(CC[Si](C)(CO)C(C)(C)C)OC(=O)n1ccc(=O)[nH]1. The lowest BCUT2D eigenvalue weighted by Gasteiger charge is -2.40. The molecule has 0 bridgehead atoms. The van der Waals surface area contributed by atoms with Gasteiger partial charge in [-0.2, -0.15) is 4.68 Å². The zero-order chi connectivity index (χ0) is 17.2. The third-order valence-corrected chi connectivity index (χ3v) is 10.3. The van der Waals surface area contributed by atoms with Crippen molar-refractivity contribution in [2.75, 3.05) is 6.23 Å². The van der Waals surface area contributed by atoms with E-state index < -0.39 is 19.8 Å². The molecule has 0 fully saturated rings. The Morgan fingerprint density at radius 2 is 1.95 bits per heavy atom. The number of nitrogens with one attached hydrogen (secondary N) is 1. The summed E-state index contributed by atoms with van der Waals surface area (Å²) in [6, 6.07) is 2.12. The van der Waals surface area contributed by atoms with Gasteiger partial charge < -0.3 is 9.84 Å². The number of carbonyl (C=O) groups excluding carboxylic acids is 1. The molecule has 126 valence electrons. The molecule has 1 aromatic heterocycles. The number of rotatable bonds is 5. The predicted molar refractivity (Wildman–Crippen MR) is 88.9 cm³/mol. The second-order valence-electron chi connectivity index (χ2n) is 7.76. The van der Waals surface area contributed by atoms with Crippen LogP contribution in [0.5, 0.6) is 0 Å². The molecule has 0 spiro atoms. The number of hydrogen-bond acceptors (Lipinski definition) is 4. The summed E-state index contributed by atoms with van der Waals surface area (Å²) in [5.41, 5.74) is -1.00. The fourth-order valence-electron chi connectivity index (χ4n) is 2.05. The van der Waals surface area contributed by atoms with E-state index in [4.69, 9.17) is 4.74 Å². The van der Waals surface area contributed by atoms with Crippen molar-refractivity contribution < 1.29 is 14.6 Å². The molecule has 0 aliphatic rings. The highest BCUT2D eigenvalue weighted by atomic mass is 28.3. The summed E-state index contributed by atoms with van der Waals surface area (Å²) in [6.45, 7) is 12.3. The molecule has 1 atom stereocenters. The minimum Gasteiger partial charge on any atom is -0.442 e. The van der Waals surface area contributed by atoms with E-state index in [1.807, 2.05) is 13.8 Å². The van der Waals surface area contributed by atoms with Crippen LogP contribution in [0, 0.1) is 0 Å². The number of aliphatic hydroxyl groups excluding tert-OH is 1. The number of aromatic amines is 1. The van der Waals surface area contributed by atoms with Gasteiger partial charge in [-0.3, -0.25) is 9.89 Å². The summed E-state index contributed by atoms with van der Waals surface area (Å²) in [7, 11) is -1.86. The average molecular weight is 328 g/mol. The van der Waals surface area contributed by atoms with Crippen molar-refractivity contribution in [3.8, 4) is 0 Å². The summed E-state index contributed by atoms with van der Waals surface area (Å²) in [6.07, 6.45) is 1.63. The standard InChI is InChI=1S/C15H28N2O4Si/c1-14(2,3)22(6,11-18)10-8-15(4,5)21-13(20)17-9-7-12(19)16-17/h7,9,18H,8,10-11H2,1-6H3,(H,16,19). The van der Waals surface area contributed by atoms with Gasteiger partial charge in [0.1, 0.15) is 5.60 Å². The van der Waals surface area contributed by atoms with Crippen molar-refractivity contribution in [2.24, 2.45) is 0 Å². The fourth-order valence-corrected chi connectivity index (χ4v) is 4.58. The number of nitrogens with zero attached hydrogens (tertiary/aromatic N) is 1. The quantitative estimate of drug-likeness (QED) is 0.814. The van der Waals surface area contributed by atoms with Crippen LogP contribution in [0.1, 0.15) is 41.0 Å². The lowest BCUT2D eigenvalue weighted by atomic mass is 10.1. The summed E-state index contributed by atoms with van der Waals surface area (Å²) in [5.74, 6) is 0. The van der Waals surface area contributed by atoms with Crippen molar-refractivity contribution in [3.05, 3.63) is 22.6 Å². The highest BCUT2D eigenvalue weighted by Gasteiger charge is 2.40. The molecule has 0 amide bonds. The van der Waals surface area contributed by atoms with Gasteiger partial charge >= 0.3 is 6.09 Å². The zero-order valence-corrected chi connectivity index (χ0v) is 15.4. The van der Waals surface area contributed by atoms with Crippen molar-refractivity contribution in [2.45, 2.75) is 64.3 Å². The van der Waals surface area contributed by atoms with Gasteiger partial charge in [0.2, 0.25) is 0 Å². The zero-order valence-electron chi connectivity index (χ0n) is 14.4. The first-order valence-corrected chi connectivity index (χ1v) is 10.4. The molecule has 0 aromatic carbocycles. The molecule has 22 heavy (non-hydrogen) atoms. The third-order valence-electron chi connectivity index (χ3n) is 4.60. The summed E-state index contributed by atoms with van der Waals surface area (Å²) >= 11 is 0. The van der Waals surface area contributed by atoms with E-state index in [1.54, 1.807) is 0 Å². The number of hydrogen-bond donors (Lipinski definition) is 2. The fraction of sp³-hybridized carbons (Fsp3) is 0.733. The molecule has 6 nitrogen and oxygen atoms in total. The molecule has 0 saturated heterocycles. The van der Waals surface area contributed by atoms with Gasteiger partial charge in [-0.25, -0.2) is 4.79 Å². The molecule has 0 aliphatic heterocycles. The molecule has 0 saturated carbocycles. The Morgan fingerprint density at radius 3 is 2.36 bits per heavy atom. The van der Waals surface area contributed by atoms with Crippen LogP contribution in [0.4, 0.5) is 4.79 Å². The second kappa shape index (κ2) is 6.42. The Labute approximate surface area is 132 Å². The largest absolute Gasteiger partial charge is 0.442 e. The Hall–Kier alpha value is -1.34. The number of aliphatic hydroxyl groups is 1. The minimum atomic E-state index is -1.86. The monoisotopic (exact) mass is 328 g/mol. The molecular weight excluding hydrogens is 300 g/mol. The molecule has 1 rings (SSSR count). The summed E-state index contributed by atoms with van der Waals surface area (Å²) in [4.78, 5) is 23.1. The Kier molecular flexibility index (Phi) is 5.45. The van der Waals surface area contributed by atoms with Gasteiger partial charge in [0.05, 0.1) is 8.07 Å². The first kappa shape index (κ1) is 18.7. The molecular formula is C15H28N2O4Si. The van der Waals surface area contributed by atoms with Crippen LogP contribution in [-0.2, 0) is 4.74 Å². The Morgan fingerprint density at radius 1 is 1.36 bits per heavy atom. The summed E-state index contributed by atoms with van der Waals surface area (Å²) < 4.78 is 6.52. The number of aromatic nitrogens is 2. The maximum atomic E-state index is 12.0. The van der Waals surface area contributed by atoms with Gasteiger partial charge in [0.15, 0.2) is 0 Å². The van der Waals surface area contributed by atoms with Crippen molar-refractivity contribution in [3.63, 3.8) is 0 Å². The molecule has 2 N–H and O–H groups in total. The number of ether oxygens (including phenoxy) is 1. The highest BCUT2D eigenvalue weighted by Crippen LogP contribution is 2.40. The van der Waals surface area contributed by atoms with E-state index in [2.05, 4.69) is 32.4 Å². The van der Waals surface area contributed by atoms with E-state index in [9.17, 15) is 14.7 Å². The molecule has 7 heteroatoms. The van der Waals surface area contributed by atoms with Crippen molar-refractivity contribution in [1.29, 1.82) is 0 Å². The smallest absolute Gasteiger partial charge is 0.433 e. The Bertz CT molecular complexity index is 571. The first-order chi connectivity index (χ1) is 9.90. The molecule has 1 aromatic rings.